The van der Waals surface area contributed by atoms with Gasteiger partial charge in [-0.1, -0.05) is 12.1 Å². The molecule has 0 radical (unpaired) electrons. The molecule has 0 atom stereocenters. The van der Waals surface area contributed by atoms with Crippen molar-refractivity contribution < 1.29 is 18.9 Å². The minimum absolute atomic E-state index is 0.143. The Hall–Kier alpha value is -3.42. The maximum Gasteiger partial charge on any atom is 0.341 e. The highest BCUT2D eigenvalue weighted by Crippen LogP contribution is 2.29. The fourth-order valence-electron chi connectivity index (χ4n) is 3.22. The normalized spacial score (nSPS) is 13.9. The number of nitro benzene ring substituents is 1. The molecule has 2 aromatic carbocycles. The number of ether oxygens (including phenoxy) is 1. The predicted molar refractivity (Wildman–Crippen MR) is 97.7 cm³/mol. The molecule has 1 saturated heterocycles. The van der Waals surface area contributed by atoms with Gasteiger partial charge in [-0.15, -0.1) is 0 Å². The average molecular weight is 367 g/mol. The molecule has 0 unspecified atom stereocenters. The highest BCUT2D eigenvalue weighted by Gasteiger charge is 2.24. The third-order valence-electron chi connectivity index (χ3n) is 4.52. The van der Waals surface area contributed by atoms with E-state index in [1.54, 1.807) is 18.2 Å². The predicted octanol–water partition coefficient (Wildman–Crippen LogP) is 3.69. The molecule has 3 aromatic rings. The van der Waals surface area contributed by atoms with E-state index in [2.05, 4.69) is 4.98 Å². The van der Waals surface area contributed by atoms with Crippen molar-refractivity contribution in [2.75, 3.05) is 18.0 Å². The van der Waals surface area contributed by atoms with Gasteiger partial charge in [0.05, 0.1) is 16.2 Å². The van der Waals surface area contributed by atoms with Crippen LogP contribution < -0.4 is 4.90 Å². The smallest absolute Gasteiger partial charge is 0.341 e. The van der Waals surface area contributed by atoms with Gasteiger partial charge >= 0.3 is 5.97 Å². The lowest BCUT2D eigenvalue weighted by Gasteiger charge is -2.20. The van der Waals surface area contributed by atoms with E-state index < -0.39 is 10.9 Å². The first kappa shape index (κ1) is 17.0. The lowest BCUT2D eigenvalue weighted by Crippen LogP contribution is -2.21. The Morgan fingerprint density at radius 3 is 2.74 bits per heavy atom. The first-order valence-corrected chi connectivity index (χ1v) is 8.67. The van der Waals surface area contributed by atoms with E-state index in [1.807, 2.05) is 17.0 Å². The number of nitrogens with zero attached hydrogens (tertiary/aromatic N) is 3. The van der Waals surface area contributed by atoms with Crippen molar-refractivity contribution in [3.8, 4) is 0 Å². The Balaban J connectivity index is 1.57. The van der Waals surface area contributed by atoms with Crippen LogP contribution in [0.15, 0.2) is 46.9 Å². The number of rotatable bonds is 5. The fourth-order valence-corrected chi connectivity index (χ4v) is 3.22. The summed E-state index contributed by atoms with van der Waals surface area (Å²) < 4.78 is 10.9. The standard InChI is InChI=1S/C19H17N3O5/c23-19(26-12-18-20-15-5-1-2-6-17(15)27-18)14-11-13(22(24)25)7-8-16(14)21-9-3-4-10-21/h1-2,5-8,11H,3-4,9-10,12H2. The highest BCUT2D eigenvalue weighted by atomic mass is 16.6. The van der Waals surface area contributed by atoms with E-state index in [-0.39, 0.29) is 23.7 Å². The van der Waals surface area contributed by atoms with Gasteiger partial charge < -0.3 is 14.1 Å². The van der Waals surface area contributed by atoms with Crippen LogP contribution in [-0.2, 0) is 11.3 Å². The van der Waals surface area contributed by atoms with E-state index >= 15 is 0 Å². The fraction of sp³-hybridized carbons (Fsp3) is 0.263. The van der Waals surface area contributed by atoms with Crippen LogP contribution in [0, 0.1) is 10.1 Å². The van der Waals surface area contributed by atoms with Gasteiger partial charge in [0.2, 0.25) is 5.89 Å². The third-order valence-corrected chi connectivity index (χ3v) is 4.52. The van der Waals surface area contributed by atoms with Gasteiger partial charge in [-0.05, 0) is 31.0 Å². The first-order valence-electron chi connectivity index (χ1n) is 8.67. The summed E-state index contributed by atoms with van der Waals surface area (Å²) in [6.45, 7) is 1.47. The number of aromatic nitrogens is 1. The second-order valence-electron chi connectivity index (χ2n) is 6.30. The molecule has 27 heavy (non-hydrogen) atoms. The summed E-state index contributed by atoms with van der Waals surface area (Å²) in [7, 11) is 0. The van der Waals surface area contributed by atoms with Crippen molar-refractivity contribution in [2.24, 2.45) is 0 Å². The number of anilines is 1. The van der Waals surface area contributed by atoms with Crippen molar-refractivity contribution in [1.29, 1.82) is 0 Å². The summed E-state index contributed by atoms with van der Waals surface area (Å²) in [5.74, 6) is -0.361. The Morgan fingerprint density at radius 2 is 2.00 bits per heavy atom. The number of carbonyl (C=O) groups is 1. The average Bonchev–Trinajstić information content (AvgIpc) is 3.34. The summed E-state index contributed by atoms with van der Waals surface area (Å²) in [4.78, 5) is 29.5. The molecule has 8 heteroatoms. The molecule has 1 aliphatic rings. The van der Waals surface area contributed by atoms with Gasteiger partial charge in [0.15, 0.2) is 12.2 Å². The van der Waals surface area contributed by atoms with Gasteiger partial charge in [-0.25, -0.2) is 9.78 Å². The summed E-state index contributed by atoms with van der Waals surface area (Å²) in [5.41, 5.74) is 1.97. The highest BCUT2D eigenvalue weighted by molar-refractivity contribution is 5.96. The molecule has 8 nitrogen and oxygen atoms in total. The van der Waals surface area contributed by atoms with Crippen molar-refractivity contribution in [3.05, 3.63) is 64.0 Å². The summed E-state index contributed by atoms with van der Waals surface area (Å²) >= 11 is 0. The van der Waals surface area contributed by atoms with E-state index in [9.17, 15) is 14.9 Å². The molecular weight excluding hydrogens is 350 g/mol. The topological polar surface area (TPSA) is 98.7 Å². The van der Waals surface area contributed by atoms with Gasteiger partial charge in [-0.3, -0.25) is 10.1 Å². The second-order valence-corrected chi connectivity index (χ2v) is 6.30. The lowest BCUT2D eigenvalue weighted by atomic mass is 10.1. The molecule has 0 aliphatic carbocycles. The summed E-state index contributed by atoms with van der Waals surface area (Å²) in [6.07, 6.45) is 2.04. The van der Waals surface area contributed by atoms with Crippen LogP contribution in [0.25, 0.3) is 11.1 Å². The molecule has 1 fully saturated rings. The maximum atomic E-state index is 12.6. The zero-order chi connectivity index (χ0) is 18.8. The van der Waals surface area contributed by atoms with E-state index in [1.165, 1.54) is 12.1 Å². The van der Waals surface area contributed by atoms with Crippen molar-refractivity contribution >= 4 is 28.4 Å². The summed E-state index contributed by atoms with van der Waals surface area (Å²) in [5, 5.41) is 11.1. The number of nitro groups is 1. The van der Waals surface area contributed by atoms with Gasteiger partial charge in [0.1, 0.15) is 5.52 Å². The molecule has 0 spiro atoms. The minimum atomic E-state index is -0.636. The number of carbonyl (C=O) groups excluding carboxylic acids is 1. The van der Waals surface area contributed by atoms with Crippen LogP contribution in [0.4, 0.5) is 11.4 Å². The lowest BCUT2D eigenvalue weighted by molar-refractivity contribution is -0.384. The van der Waals surface area contributed by atoms with Crippen LogP contribution in [-0.4, -0.2) is 29.0 Å². The number of hydrogen-bond acceptors (Lipinski definition) is 7. The van der Waals surface area contributed by atoms with E-state index in [4.69, 9.17) is 9.15 Å². The molecule has 0 N–H and O–H groups in total. The molecule has 1 aromatic heterocycles. The van der Waals surface area contributed by atoms with Gasteiger partial charge in [-0.2, -0.15) is 0 Å². The zero-order valence-electron chi connectivity index (χ0n) is 14.5. The summed E-state index contributed by atoms with van der Waals surface area (Å²) in [6, 6.07) is 11.5. The third kappa shape index (κ3) is 3.46. The molecule has 1 aliphatic heterocycles. The number of para-hydroxylation sites is 2. The number of oxazole rings is 1. The van der Waals surface area contributed by atoms with Crippen molar-refractivity contribution in [1.82, 2.24) is 4.98 Å². The van der Waals surface area contributed by atoms with Crippen LogP contribution in [0.2, 0.25) is 0 Å². The van der Waals surface area contributed by atoms with Crippen LogP contribution >= 0.6 is 0 Å². The van der Waals surface area contributed by atoms with Crippen LogP contribution in [0.3, 0.4) is 0 Å². The largest absolute Gasteiger partial charge is 0.452 e. The second kappa shape index (κ2) is 7.06. The molecular formula is C19H17N3O5. The van der Waals surface area contributed by atoms with Gasteiger partial charge in [0.25, 0.3) is 5.69 Å². The molecule has 138 valence electrons. The van der Waals surface area contributed by atoms with Crippen molar-refractivity contribution in [3.63, 3.8) is 0 Å². The Labute approximate surface area is 154 Å². The number of fused-ring (bicyclic) bond motifs is 1. The molecule has 2 heterocycles. The molecule has 0 amide bonds. The van der Waals surface area contributed by atoms with Crippen molar-refractivity contribution in [2.45, 2.75) is 19.4 Å². The number of hydrogen-bond donors (Lipinski definition) is 0. The minimum Gasteiger partial charge on any atom is -0.452 e. The Morgan fingerprint density at radius 1 is 1.22 bits per heavy atom. The van der Waals surface area contributed by atoms with Crippen LogP contribution in [0.1, 0.15) is 29.1 Å². The quantitative estimate of drug-likeness (QED) is 0.385. The first-order chi connectivity index (χ1) is 13.1. The molecule has 4 rings (SSSR count). The Bertz CT molecular complexity index is 975. The molecule has 0 saturated carbocycles. The SMILES string of the molecule is O=C(OCc1nc2ccccc2o1)c1cc([N+](=O)[O-])ccc1N1CCCC1. The Kier molecular flexibility index (Phi) is 4.45. The molecule has 0 bridgehead atoms. The monoisotopic (exact) mass is 367 g/mol. The maximum absolute atomic E-state index is 12.6. The van der Waals surface area contributed by atoms with E-state index in [0.29, 0.717) is 16.8 Å². The number of benzene rings is 2. The van der Waals surface area contributed by atoms with Crippen LogP contribution in [0.5, 0.6) is 0 Å². The van der Waals surface area contributed by atoms with E-state index in [0.717, 1.165) is 25.9 Å². The number of non-ortho nitro benzene ring substituents is 1. The van der Waals surface area contributed by atoms with Gasteiger partial charge in [0, 0.05) is 25.2 Å². The zero-order valence-corrected chi connectivity index (χ0v) is 14.5. The number of esters is 1.